The Hall–Kier alpha value is -1.65. The average Bonchev–Trinajstić information content (AvgIpc) is 2.27. The van der Waals surface area contributed by atoms with E-state index in [1.54, 1.807) is 18.2 Å². The number of fused-ring (bicyclic) bond motifs is 1. The molecule has 0 aliphatic carbocycles. The second kappa shape index (κ2) is 3.98. The van der Waals surface area contributed by atoms with Gasteiger partial charge in [0, 0.05) is 18.3 Å². The minimum absolute atomic E-state index is 0.552. The summed E-state index contributed by atoms with van der Waals surface area (Å²) in [5.74, 6) is 0.632. The van der Waals surface area contributed by atoms with Crippen LogP contribution >= 0.6 is 0 Å². The number of ether oxygens (including phenoxy) is 1. The predicted molar refractivity (Wildman–Crippen MR) is 60.3 cm³/mol. The Labute approximate surface area is 97.3 Å². The van der Waals surface area contributed by atoms with Gasteiger partial charge < -0.3 is 9.64 Å². The maximum Gasteiger partial charge on any atom is 0.412 e. The van der Waals surface area contributed by atoms with E-state index in [9.17, 15) is 13.2 Å². The van der Waals surface area contributed by atoms with E-state index in [-0.39, 0.29) is 0 Å². The van der Waals surface area contributed by atoms with Gasteiger partial charge in [0.15, 0.2) is 0 Å². The van der Waals surface area contributed by atoms with Crippen molar-refractivity contribution in [2.75, 3.05) is 19.1 Å². The third-order valence-electron chi connectivity index (χ3n) is 2.83. The number of hydrogen-bond donors (Lipinski definition) is 0. The summed E-state index contributed by atoms with van der Waals surface area (Å²) in [6.45, 7) is 0. The van der Waals surface area contributed by atoms with Crippen molar-refractivity contribution in [2.24, 2.45) is 0 Å². The van der Waals surface area contributed by atoms with Gasteiger partial charge in [-0.2, -0.15) is 13.2 Å². The summed E-state index contributed by atoms with van der Waals surface area (Å²) in [5.41, 5.74) is 1.28. The Bertz CT molecular complexity index is 454. The molecule has 92 valence electrons. The number of likely N-dealkylation sites (N-methyl/N-ethyl adjacent to an activating group) is 1. The van der Waals surface area contributed by atoms with Gasteiger partial charge in [-0.15, -0.1) is 0 Å². The van der Waals surface area contributed by atoms with Crippen LogP contribution < -0.4 is 9.64 Å². The lowest BCUT2D eigenvalue weighted by Crippen LogP contribution is -2.43. The first-order chi connectivity index (χ1) is 7.93. The SMILES string of the molecule is COc1ccc2c(c1)C=CC(C(F)(F)F)N2C. The van der Waals surface area contributed by atoms with Crippen molar-refractivity contribution in [2.45, 2.75) is 12.2 Å². The molecule has 1 heterocycles. The molecule has 2 nitrogen and oxygen atoms in total. The fraction of sp³-hybridized carbons (Fsp3) is 0.333. The Morgan fingerprint density at radius 3 is 2.59 bits per heavy atom. The van der Waals surface area contributed by atoms with Gasteiger partial charge in [-0.25, -0.2) is 0 Å². The van der Waals surface area contributed by atoms with E-state index in [1.807, 2.05) is 0 Å². The molecular formula is C12H12F3NO. The molecule has 0 saturated carbocycles. The van der Waals surface area contributed by atoms with Gasteiger partial charge in [-0.05, 0) is 18.2 Å². The minimum Gasteiger partial charge on any atom is -0.497 e. The lowest BCUT2D eigenvalue weighted by molar-refractivity contribution is -0.137. The summed E-state index contributed by atoms with van der Waals surface area (Å²) in [4.78, 5) is 1.22. The van der Waals surface area contributed by atoms with E-state index >= 15 is 0 Å². The Morgan fingerprint density at radius 2 is 2.00 bits per heavy atom. The first-order valence-electron chi connectivity index (χ1n) is 5.09. The van der Waals surface area contributed by atoms with Crippen molar-refractivity contribution in [3.8, 4) is 5.75 Å². The minimum atomic E-state index is -4.26. The highest BCUT2D eigenvalue weighted by atomic mass is 19.4. The van der Waals surface area contributed by atoms with Crippen LogP contribution in [0.2, 0.25) is 0 Å². The number of alkyl halides is 3. The maximum absolute atomic E-state index is 12.7. The van der Waals surface area contributed by atoms with Crippen molar-refractivity contribution in [3.63, 3.8) is 0 Å². The normalized spacial score (nSPS) is 19.1. The summed E-state index contributed by atoms with van der Waals surface area (Å²) in [6, 6.07) is 3.44. The maximum atomic E-state index is 12.7. The van der Waals surface area contributed by atoms with E-state index in [4.69, 9.17) is 4.74 Å². The molecule has 1 aliphatic heterocycles. The first-order valence-corrected chi connectivity index (χ1v) is 5.09. The van der Waals surface area contributed by atoms with Gasteiger partial charge in [-0.1, -0.05) is 12.2 Å². The molecule has 0 fully saturated rings. The molecule has 1 unspecified atom stereocenters. The van der Waals surface area contributed by atoms with Crippen molar-refractivity contribution in [1.29, 1.82) is 0 Å². The van der Waals surface area contributed by atoms with Crippen LogP contribution in [0.1, 0.15) is 5.56 Å². The predicted octanol–water partition coefficient (Wildman–Crippen LogP) is 3.09. The summed E-state index contributed by atoms with van der Waals surface area (Å²) in [7, 11) is 2.96. The zero-order chi connectivity index (χ0) is 12.6. The average molecular weight is 243 g/mol. The van der Waals surface area contributed by atoms with Crippen LogP contribution in [-0.4, -0.2) is 26.4 Å². The summed E-state index contributed by atoms with van der Waals surface area (Å²) < 4.78 is 43.2. The van der Waals surface area contributed by atoms with Gasteiger partial charge in [0.25, 0.3) is 0 Å². The van der Waals surface area contributed by atoms with E-state index in [0.29, 0.717) is 11.4 Å². The van der Waals surface area contributed by atoms with Crippen molar-refractivity contribution in [1.82, 2.24) is 0 Å². The zero-order valence-corrected chi connectivity index (χ0v) is 9.45. The second-order valence-corrected chi connectivity index (χ2v) is 3.88. The number of anilines is 1. The van der Waals surface area contributed by atoms with Crippen LogP contribution in [-0.2, 0) is 0 Å². The molecule has 0 saturated heterocycles. The molecule has 0 amide bonds. The molecule has 17 heavy (non-hydrogen) atoms. The number of hydrogen-bond acceptors (Lipinski definition) is 2. The van der Waals surface area contributed by atoms with E-state index in [2.05, 4.69) is 0 Å². The first kappa shape index (κ1) is 11.8. The van der Waals surface area contributed by atoms with Crippen molar-refractivity contribution >= 4 is 11.8 Å². The largest absolute Gasteiger partial charge is 0.497 e. The van der Waals surface area contributed by atoms with E-state index in [0.717, 1.165) is 11.6 Å². The summed E-state index contributed by atoms with van der Waals surface area (Å²) >= 11 is 0. The number of halogens is 3. The molecular weight excluding hydrogens is 231 g/mol. The molecule has 0 radical (unpaired) electrons. The van der Waals surface area contributed by atoms with Crippen molar-refractivity contribution < 1.29 is 17.9 Å². The molecule has 1 aromatic carbocycles. The second-order valence-electron chi connectivity index (χ2n) is 3.88. The topological polar surface area (TPSA) is 12.5 Å². The highest BCUT2D eigenvalue weighted by Gasteiger charge is 2.42. The number of rotatable bonds is 1. The van der Waals surface area contributed by atoms with Crippen LogP contribution in [0.4, 0.5) is 18.9 Å². The number of nitrogens with zero attached hydrogens (tertiary/aromatic N) is 1. The molecule has 5 heteroatoms. The van der Waals surface area contributed by atoms with E-state index in [1.165, 1.54) is 25.1 Å². The summed E-state index contributed by atoms with van der Waals surface area (Å²) in [5, 5.41) is 0. The van der Waals surface area contributed by atoms with Gasteiger partial charge in [-0.3, -0.25) is 0 Å². The Balaban J connectivity index is 2.40. The molecule has 0 spiro atoms. The highest BCUT2D eigenvalue weighted by Crippen LogP contribution is 2.36. The third kappa shape index (κ3) is 2.09. The monoisotopic (exact) mass is 243 g/mol. The van der Waals surface area contributed by atoms with Crippen LogP contribution in [0.25, 0.3) is 6.08 Å². The molecule has 0 aromatic heterocycles. The van der Waals surface area contributed by atoms with Crippen LogP contribution in [0.5, 0.6) is 5.75 Å². The van der Waals surface area contributed by atoms with Gasteiger partial charge in [0.05, 0.1) is 7.11 Å². The Kier molecular flexibility index (Phi) is 2.77. The zero-order valence-electron chi connectivity index (χ0n) is 9.45. The number of methoxy groups -OCH3 is 1. The summed E-state index contributed by atoms with van der Waals surface area (Å²) in [6.07, 6.45) is -1.62. The van der Waals surface area contributed by atoms with Gasteiger partial charge in [0.1, 0.15) is 11.8 Å². The standard InChI is InChI=1S/C12H12F3NO/c1-16-10-5-4-9(17-2)7-8(10)3-6-11(16)12(13,14)15/h3-7,11H,1-2H3. The van der Waals surface area contributed by atoms with Crippen LogP contribution in [0.3, 0.4) is 0 Å². The molecule has 1 aliphatic rings. The van der Waals surface area contributed by atoms with Gasteiger partial charge in [0.2, 0.25) is 0 Å². The fourth-order valence-corrected chi connectivity index (χ4v) is 1.92. The molecule has 2 rings (SSSR count). The number of benzene rings is 1. The highest BCUT2D eigenvalue weighted by molar-refractivity contribution is 5.73. The quantitative estimate of drug-likeness (QED) is 0.751. The van der Waals surface area contributed by atoms with Crippen molar-refractivity contribution in [3.05, 3.63) is 29.8 Å². The molecule has 0 bridgehead atoms. The molecule has 0 N–H and O–H groups in total. The van der Waals surface area contributed by atoms with E-state index < -0.39 is 12.2 Å². The smallest absolute Gasteiger partial charge is 0.412 e. The lowest BCUT2D eigenvalue weighted by Gasteiger charge is -2.33. The Morgan fingerprint density at radius 1 is 1.29 bits per heavy atom. The fourth-order valence-electron chi connectivity index (χ4n) is 1.92. The van der Waals surface area contributed by atoms with Crippen LogP contribution in [0.15, 0.2) is 24.3 Å². The van der Waals surface area contributed by atoms with Gasteiger partial charge >= 0.3 is 6.18 Å². The molecule has 1 aromatic rings. The lowest BCUT2D eigenvalue weighted by atomic mass is 10.0. The molecule has 1 atom stereocenters. The third-order valence-corrected chi connectivity index (χ3v) is 2.83. The van der Waals surface area contributed by atoms with Crippen LogP contribution in [0, 0.1) is 0 Å².